The molecule has 1 aromatic heterocycles. The molecule has 0 saturated carbocycles. The molecule has 2 N–H and O–H groups in total. The van der Waals surface area contributed by atoms with E-state index in [1.165, 1.54) is 0 Å². The number of fused-ring (bicyclic) bond motifs is 3. The molecule has 2 aliphatic rings. The van der Waals surface area contributed by atoms with Gasteiger partial charge >= 0.3 is 6.18 Å². The fraction of sp³-hybridized carbons (Fsp3) is 0.481. The zero-order valence-electron chi connectivity index (χ0n) is 20.5. The van der Waals surface area contributed by atoms with Gasteiger partial charge in [-0.05, 0) is 49.9 Å². The number of rotatable bonds is 7. The number of nitrogens with zero attached hydrogens (tertiary/aromatic N) is 2. The van der Waals surface area contributed by atoms with Gasteiger partial charge in [-0.15, -0.1) is 0 Å². The van der Waals surface area contributed by atoms with Crippen molar-refractivity contribution in [3.05, 3.63) is 64.9 Å². The number of aromatic amines is 1. The Hall–Kier alpha value is -2.72. The highest BCUT2D eigenvalue weighted by molar-refractivity contribution is 5.85. The summed E-state index contributed by atoms with van der Waals surface area (Å²) in [6, 6.07) is 7.73. The first kappa shape index (κ1) is 25.9. The van der Waals surface area contributed by atoms with E-state index in [1.807, 2.05) is 18.2 Å². The second-order valence-electron chi connectivity index (χ2n) is 10.1. The maximum absolute atomic E-state index is 15.6. The van der Waals surface area contributed by atoms with E-state index >= 15 is 8.78 Å². The number of para-hydroxylation sites is 1. The quantitative estimate of drug-likeness (QED) is 0.362. The third-order valence-electron chi connectivity index (χ3n) is 7.48. The average Bonchev–Trinajstić information content (AvgIpc) is 3.42. The summed E-state index contributed by atoms with van der Waals surface area (Å²) in [7, 11) is 0. The van der Waals surface area contributed by atoms with Gasteiger partial charge < -0.3 is 15.2 Å². The van der Waals surface area contributed by atoms with Crippen molar-refractivity contribution in [1.29, 1.82) is 0 Å². The first-order valence-corrected chi connectivity index (χ1v) is 12.6. The minimum absolute atomic E-state index is 0.0546. The SMILES string of the molecule is C[C@@H]1Cc2c([nH]c3ccccc23)[C@H](c2c(F)cc(N[C@H]3CCN(CCCF)C3)cc2F)N1CC(F)(F)F. The van der Waals surface area contributed by atoms with Gasteiger partial charge in [-0.1, -0.05) is 18.2 Å². The molecule has 0 spiro atoms. The Morgan fingerprint density at radius 3 is 2.54 bits per heavy atom. The summed E-state index contributed by atoms with van der Waals surface area (Å²) in [5.74, 6) is -1.80. The van der Waals surface area contributed by atoms with Crippen LogP contribution in [-0.2, 0) is 6.42 Å². The summed E-state index contributed by atoms with van der Waals surface area (Å²) in [6.45, 7) is 1.99. The lowest BCUT2D eigenvalue weighted by molar-refractivity contribution is -0.155. The Kier molecular flexibility index (Phi) is 7.15. The second-order valence-corrected chi connectivity index (χ2v) is 10.1. The minimum atomic E-state index is -4.54. The molecule has 3 aromatic rings. The van der Waals surface area contributed by atoms with Crippen molar-refractivity contribution < 1.29 is 26.3 Å². The largest absolute Gasteiger partial charge is 0.401 e. The maximum Gasteiger partial charge on any atom is 0.401 e. The second kappa shape index (κ2) is 10.2. The van der Waals surface area contributed by atoms with Gasteiger partial charge in [0.05, 0.1) is 19.3 Å². The fourth-order valence-corrected chi connectivity index (χ4v) is 5.87. The summed E-state index contributed by atoms with van der Waals surface area (Å²) < 4.78 is 84.6. The van der Waals surface area contributed by atoms with E-state index < -0.39 is 48.7 Å². The van der Waals surface area contributed by atoms with Crippen LogP contribution in [0.15, 0.2) is 36.4 Å². The highest BCUT2D eigenvalue weighted by Gasteiger charge is 2.43. The smallest absolute Gasteiger partial charge is 0.381 e. The van der Waals surface area contributed by atoms with Crippen LogP contribution in [0.2, 0.25) is 0 Å². The van der Waals surface area contributed by atoms with Crippen LogP contribution >= 0.6 is 0 Å². The Morgan fingerprint density at radius 2 is 1.84 bits per heavy atom. The van der Waals surface area contributed by atoms with E-state index in [0.29, 0.717) is 31.6 Å². The zero-order valence-corrected chi connectivity index (χ0v) is 20.5. The summed E-state index contributed by atoms with van der Waals surface area (Å²) in [5.41, 5.74) is 1.73. The predicted octanol–water partition coefficient (Wildman–Crippen LogP) is 6.19. The molecular formula is C27H30F6N4. The molecular weight excluding hydrogens is 494 g/mol. The number of hydrogen-bond donors (Lipinski definition) is 2. The standard InChI is InChI=1S/C27H30F6N4/c1-16-11-20-19-5-2-3-6-23(19)35-25(20)26(37(16)15-27(31,32)33)24-21(29)12-18(13-22(24)30)34-17-7-10-36(14-17)9-4-8-28/h2-3,5-6,12-13,16-17,26,34-35H,4,7-11,14-15H2,1H3/t16-,17+,26+/m1/s1. The summed E-state index contributed by atoms with van der Waals surface area (Å²) in [5, 5.41) is 3.99. The number of anilines is 1. The van der Waals surface area contributed by atoms with E-state index in [4.69, 9.17) is 0 Å². The molecule has 3 heterocycles. The van der Waals surface area contributed by atoms with E-state index in [-0.39, 0.29) is 11.7 Å². The lowest BCUT2D eigenvalue weighted by Gasteiger charge is -2.41. The molecule has 0 aliphatic carbocycles. The Labute approximate surface area is 211 Å². The highest BCUT2D eigenvalue weighted by atomic mass is 19.4. The molecule has 5 rings (SSSR count). The van der Waals surface area contributed by atoms with Crippen LogP contribution < -0.4 is 5.32 Å². The van der Waals surface area contributed by atoms with E-state index in [1.54, 1.807) is 13.0 Å². The van der Waals surface area contributed by atoms with Crippen molar-refractivity contribution in [2.45, 2.75) is 50.5 Å². The normalized spacial score (nSPS) is 23.1. The van der Waals surface area contributed by atoms with Crippen LogP contribution in [0, 0.1) is 11.6 Å². The van der Waals surface area contributed by atoms with Gasteiger partial charge in [-0.25, -0.2) is 8.78 Å². The van der Waals surface area contributed by atoms with E-state index in [9.17, 15) is 17.6 Å². The first-order chi connectivity index (χ1) is 17.6. The lowest BCUT2D eigenvalue weighted by Crippen LogP contribution is -2.47. The molecule has 10 heteroatoms. The average molecular weight is 525 g/mol. The molecule has 0 unspecified atom stereocenters. The van der Waals surface area contributed by atoms with Gasteiger partial charge in [0.1, 0.15) is 11.6 Å². The molecule has 200 valence electrons. The summed E-state index contributed by atoms with van der Waals surface area (Å²) >= 11 is 0. The Balaban J connectivity index is 1.50. The van der Waals surface area contributed by atoms with Crippen LogP contribution in [0.3, 0.4) is 0 Å². The van der Waals surface area contributed by atoms with Crippen molar-refractivity contribution in [1.82, 2.24) is 14.8 Å². The molecule has 37 heavy (non-hydrogen) atoms. The number of aromatic nitrogens is 1. The van der Waals surface area contributed by atoms with Crippen molar-refractivity contribution in [2.75, 3.05) is 38.2 Å². The van der Waals surface area contributed by atoms with Gasteiger partial charge in [-0.3, -0.25) is 9.29 Å². The molecule has 0 bridgehead atoms. The van der Waals surface area contributed by atoms with E-state index in [0.717, 1.165) is 46.5 Å². The Bertz CT molecular complexity index is 1230. The molecule has 2 aliphatic heterocycles. The van der Waals surface area contributed by atoms with E-state index in [2.05, 4.69) is 15.2 Å². The van der Waals surface area contributed by atoms with Crippen molar-refractivity contribution in [2.24, 2.45) is 0 Å². The zero-order chi connectivity index (χ0) is 26.3. The molecule has 1 saturated heterocycles. The van der Waals surface area contributed by atoms with Crippen molar-refractivity contribution in [3.8, 4) is 0 Å². The highest BCUT2D eigenvalue weighted by Crippen LogP contribution is 2.44. The monoisotopic (exact) mass is 524 g/mol. The molecule has 0 radical (unpaired) electrons. The van der Waals surface area contributed by atoms with Crippen LogP contribution in [0.5, 0.6) is 0 Å². The van der Waals surface area contributed by atoms with Crippen LogP contribution in [-0.4, -0.2) is 65.9 Å². The molecule has 1 fully saturated rings. The molecule has 4 nitrogen and oxygen atoms in total. The van der Waals surface area contributed by atoms with Gasteiger partial charge in [0.2, 0.25) is 0 Å². The minimum Gasteiger partial charge on any atom is -0.381 e. The summed E-state index contributed by atoms with van der Waals surface area (Å²) in [6.07, 6.45) is -3.03. The molecule has 3 atom stereocenters. The number of H-pyrrole nitrogens is 1. The van der Waals surface area contributed by atoms with Crippen LogP contribution in [0.4, 0.5) is 32.0 Å². The van der Waals surface area contributed by atoms with Crippen LogP contribution in [0.25, 0.3) is 10.9 Å². The number of hydrogen-bond acceptors (Lipinski definition) is 3. The molecule has 0 amide bonds. The third-order valence-corrected chi connectivity index (χ3v) is 7.48. The molecule has 2 aromatic carbocycles. The summed E-state index contributed by atoms with van der Waals surface area (Å²) in [4.78, 5) is 6.38. The third kappa shape index (κ3) is 5.31. The van der Waals surface area contributed by atoms with Crippen molar-refractivity contribution in [3.63, 3.8) is 0 Å². The first-order valence-electron chi connectivity index (χ1n) is 12.6. The Morgan fingerprint density at radius 1 is 1.11 bits per heavy atom. The maximum atomic E-state index is 15.6. The number of likely N-dealkylation sites (tertiary alicyclic amines) is 1. The predicted molar refractivity (Wildman–Crippen MR) is 131 cm³/mol. The van der Waals surface area contributed by atoms with Gasteiger partial charge in [0.15, 0.2) is 0 Å². The number of alkyl halides is 4. The van der Waals surface area contributed by atoms with Crippen LogP contribution in [0.1, 0.15) is 42.6 Å². The topological polar surface area (TPSA) is 34.3 Å². The van der Waals surface area contributed by atoms with Gasteiger partial charge in [0, 0.05) is 59.6 Å². The lowest BCUT2D eigenvalue weighted by atomic mass is 9.88. The van der Waals surface area contributed by atoms with Gasteiger partial charge in [-0.2, -0.15) is 13.2 Å². The fourth-order valence-electron chi connectivity index (χ4n) is 5.87. The van der Waals surface area contributed by atoms with Crippen molar-refractivity contribution >= 4 is 16.6 Å². The number of nitrogens with one attached hydrogen (secondary N) is 2. The number of halogens is 6. The number of benzene rings is 2. The van der Waals surface area contributed by atoms with Gasteiger partial charge in [0.25, 0.3) is 0 Å².